The predicted octanol–water partition coefficient (Wildman–Crippen LogP) is 3.42. The summed E-state index contributed by atoms with van der Waals surface area (Å²) >= 11 is 5.81. The third-order valence-corrected chi connectivity index (χ3v) is 3.54. The topological polar surface area (TPSA) is 58.2 Å². The van der Waals surface area contributed by atoms with E-state index in [0.717, 1.165) is 11.1 Å². The summed E-state index contributed by atoms with van der Waals surface area (Å²) in [5.74, 6) is -0.318. The number of rotatable bonds is 6. The molecule has 24 heavy (non-hydrogen) atoms. The van der Waals surface area contributed by atoms with E-state index < -0.39 is 0 Å². The summed E-state index contributed by atoms with van der Waals surface area (Å²) in [5, 5.41) is 6.20. The van der Waals surface area contributed by atoms with Gasteiger partial charge in [0.25, 0.3) is 5.91 Å². The second-order valence-corrected chi connectivity index (χ2v) is 5.60. The number of amides is 2. The van der Waals surface area contributed by atoms with Gasteiger partial charge in [0.2, 0.25) is 5.91 Å². The molecule has 124 valence electrons. The molecule has 2 aromatic rings. The van der Waals surface area contributed by atoms with E-state index in [1.54, 1.807) is 36.4 Å². The zero-order valence-electron chi connectivity index (χ0n) is 13.4. The van der Waals surface area contributed by atoms with Gasteiger partial charge >= 0.3 is 0 Å². The third-order valence-electron chi connectivity index (χ3n) is 3.29. The Balaban J connectivity index is 1.90. The van der Waals surface area contributed by atoms with Gasteiger partial charge in [0.1, 0.15) is 0 Å². The first-order chi connectivity index (χ1) is 11.6. The van der Waals surface area contributed by atoms with Gasteiger partial charge in [0, 0.05) is 29.8 Å². The molecular weight excluding hydrogens is 324 g/mol. The quantitative estimate of drug-likeness (QED) is 0.790. The van der Waals surface area contributed by atoms with Crippen LogP contribution in [0.1, 0.15) is 28.4 Å². The van der Waals surface area contributed by atoms with Gasteiger partial charge in [-0.1, -0.05) is 35.9 Å². The Kier molecular flexibility index (Phi) is 6.58. The van der Waals surface area contributed by atoms with Crippen molar-refractivity contribution >= 4 is 29.5 Å². The Hall–Kier alpha value is -2.59. The number of nitrogens with one attached hydrogen (secondary N) is 2. The van der Waals surface area contributed by atoms with Crippen molar-refractivity contribution in [2.75, 3.05) is 6.54 Å². The fourth-order valence-electron chi connectivity index (χ4n) is 2.08. The van der Waals surface area contributed by atoms with E-state index in [0.29, 0.717) is 23.7 Å². The molecule has 0 fully saturated rings. The van der Waals surface area contributed by atoms with E-state index in [1.807, 2.05) is 25.1 Å². The molecule has 0 spiro atoms. The number of carbonyl (C=O) groups excluding carboxylic acids is 2. The van der Waals surface area contributed by atoms with Crippen molar-refractivity contribution in [2.45, 2.75) is 13.5 Å². The highest BCUT2D eigenvalue weighted by molar-refractivity contribution is 6.30. The maximum Gasteiger partial charge on any atom is 0.251 e. The first-order valence-corrected chi connectivity index (χ1v) is 8.05. The minimum absolute atomic E-state index is 0.117. The Labute approximate surface area is 146 Å². The highest BCUT2D eigenvalue weighted by atomic mass is 35.5. The minimum atomic E-state index is -0.201. The van der Waals surface area contributed by atoms with Crippen molar-refractivity contribution in [1.82, 2.24) is 10.6 Å². The van der Waals surface area contributed by atoms with Gasteiger partial charge in [-0.15, -0.1) is 0 Å². The number of halogens is 1. The Morgan fingerprint density at radius 1 is 1.08 bits per heavy atom. The highest BCUT2D eigenvalue weighted by Crippen LogP contribution is 2.10. The zero-order valence-corrected chi connectivity index (χ0v) is 14.1. The molecule has 4 nitrogen and oxygen atoms in total. The summed E-state index contributed by atoms with van der Waals surface area (Å²) < 4.78 is 0. The normalized spacial score (nSPS) is 10.6. The summed E-state index contributed by atoms with van der Waals surface area (Å²) in [6.45, 7) is 2.81. The number of carbonyl (C=O) groups is 2. The van der Waals surface area contributed by atoms with Crippen LogP contribution < -0.4 is 10.6 Å². The van der Waals surface area contributed by atoms with Crippen molar-refractivity contribution in [2.24, 2.45) is 0 Å². The standard InChI is InChI=1S/C19H19ClN2O2/c1-2-21-19(24)16-5-3-4-15(12-16)13-22-18(23)11-8-14-6-9-17(20)10-7-14/h3-12H,2,13H2,1H3,(H,21,24)(H,22,23)/b11-8+. The molecule has 2 rings (SSSR count). The maximum atomic E-state index is 11.9. The molecule has 5 heteroatoms. The van der Waals surface area contributed by atoms with E-state index in [-0.39, 0.29) is 11.8 Å². The first kappa shape index (κ1) is 17.8. The van der Waals surface area contributed by atoms with Crippen LogP contribution in [0.5, 0.6) is 0 Å². The molecule has 2 amide bonds. The van der Waals surface area contributed by atoms with Crippen molar-refractivity contribution < 1.29 is 9.59 Å². The fourth-order valence-corrected chi connectivity index (χ4v) is 2.21. The molecule has 0 saturated heterocycles. The van der Waals surface area contributed by atoms with Crippen LogP contribution in [-0.4, -0.2) is 18.4 Å². The van der Waals surface area contributed by atoms with Gasteiger partial charge in [-0.2, -0.15) is 0 Å². The maximum absolute atomic E-state index is 11.9. The predicted molar refractivity (Wildman–Crippen MR) is 96.8 cm³/mol. The Bertz CT molecular complexity index is 739. The molecule has 0 heterocycles. The lowest BCUT2D eigenvalue weighted by atomic mass is 10.1. The highest BCUT2D eigenvalue weighted by Gasteiger charge is 2.05. The molecule has 0 radical (unpaired) electrons. The SMILES string of the molecule is CCNC(=O)c1cccc(CNC(=O)/C=C/c2ccc(Cl)cc2)c1. The molecule has 0 unspecified atom stereocenters. The molecule has 0 aliphatic rings. The molecule has 2 N–H and O–H groups in total. The van der Waals surface area contributed by atoms with Crippen molar-refractivity contribution in [3.63, 3.8) is 0 Å². The lowest BCUT2D eigenvalue weighted by Crippen LogP contribution is -2.23. The molecule has 0 bridgehead atoms. The number of benzene rings is 2. The van der Waals surface area contributed by atoms with E-state index >= 15 is 0 Å². The van der Waals surface area contributed by atoms with Crippen LogP contribution in [-0.2, 0) is 11.3 Å². The minimum Gasteiger partial charge on any atom is -0.352 e. The average molecular weight is 343 g/mol. The van der Waals surface area contributed by atoms with E-state index in [1.165, 1.54) is 6.08 Å². The van der Waals surface area contributed by atoms with Gasteiger partial charge in [-0.25, -0.2) is 0 Å². The van der Waals surface area contributed by atoms with E-state index in [2.05, 4.69) is 10.6 Å². The molecule has 2 aromatic carbocycles. The van der Waals surface area contributed by atoms with Crippen molar-refractivity contribution in [3.05, 3.63) is 76.3 Å². The second kappa shape index (κ2) is 8.89. The second-order valence-electron chi connectivity index (χ2n) is 5.16. The van der Waals surface area contributed by atoms with Crippen molar-refractivity contribution in [1.29, 1.82) is 0 Å². The van der Waals surface area contributed by atoms with Crippen molar-refractivity contribution in [3.8, 4) is 0 Å². The van der Waals surface area contributed by atoms with Crippen LogP contribution in [0.25, 0.3) is 6.08 Å². The monoisotopic (exact) mass is 342 g/mol. The average Bonchev–Trinajstić information content (AvgIpc) is 2.60. The van der Waals surface area contributed by atoms with Crippen LogP contribution in [0, 0.1) is 0 Å². The summed E-state index contributed by atoms with van der Waals surface area (Å²) in [4.78, 5) is 23.7. The van der Waals surface area contributed by atoms with Gasteiger partial charge in [-0.05, 0) is 48.4 Å². The Morgan fingerprint density at radius 2 is 1.83 bits per heavy atom. The molecule has 0 aliphatic heterocycles. The number of hydrogen-bond acceptors (Lipinski definition) is 2. The largest absolute Gasteiger partial charge is 0.352 e. The molecule has 0 aromatic heterocycles. The van der Waals surface area contributed by atoms with Crippen LogP contribution in [0.2, 0.25) is 5.02 Å². The zero-order chi connectivity index (χ0) is 17.4. The lowest BCUT2D eigenvalue weighted by molar-refractivity contribution is -0.116. The third kappa shape index (κ3) is 5.56. The summed E-state index contributed by atoms with van der Waals surface area (Å²) in [6.07, 6.45) is 3.19. The first-order valence-electron chi connectivity index (χ1n) is 7.67. The summed E-state index contributed by atoms with van der Waals surface area (Å²) in [5.41, 5.74) is 2.35. The molecule has 0 atom stereocenters. The lowest BCUT2D eigenvalue weighted by Gasteiger charge is -2.06. The van der Waals surface area contributed by atoms with E-state index in [4.69, 9.17) is 11.6 Å². The van der Waals surface area contributed by atoms with Crippen LogP contribution in [0.3, 0.4) is 0 Å². The number of hydrogen-bond donors (Lipinski definition) is 2. The van der Waals surface area contributed by atoms with Crippen LogP contribution in [0.15, 0.2) is 54.6 Å². The molecule has 0 aliphatic carbocycles. The molecule has 0 saturated carbocycles. The fraction of sp³-hybridized carbons (Fsp3) is 0.158. The van der Waals surface area contributed by atoms with Gasteiger partial charge in [0.05, 0.1) is 0 Å². The van der Waals surface area contributed by atoms with Gasteiger partial charge in [-0.3, -0.25) is 9.59 Å². The summed E-state index contributed by atoms with van der Waals surface area (Å²) in [7, 11) is 0. The Morgan fingerprint density at radius 3 is 2.54 bits per heavy atom. The molecular formula is C19H19ClN2O2. The van der Waals surface area contributed by atoms with Gasteiger partial charge < -0.3 is 10.6 Å². The van der Waals surface area contributed by atoms with Crippen LogP contribution in [0.4, 0.5) is 0 Å². The smallest absolute Gasteiger partial charge is 0.251 e. The van der Waals surface area contributed by atoms with E-state index in [9.17, 15) is 9.59 Å². The van der Waals surface area contributed by atoms with Gasteiger partial charge in [0.15, 0.2) is 0 Å². The summed E-state index contributed by atoms with van der Waals surface area (Å²) in [6, 6.07) is 14.4. The van der Waals surface area contributed by atoms with Crippen LogP contribution >= 0.6 is 11.6 Å².